The molecule has 0 aliphatic heterocycles. The number of alkyl halides is 1. The number of aliphatic carboxylic acids is 1. The van der Waals surface area contributed by atoms with Crippen LogP contribution in [0.4, 0.5) is 0 Å². The number of rotatable bonds is 3. The van der Waals surface area contributed by atoms with E-state index in [0.717, 1.165) is 0 Å². The first-order chi connectivity index (χ1) is 5.98. The van der Waals surface area contributed by atoms with Gasteiger partial charge in [0.25, 0.3) is 0 Å². The van der Waals surface area contributed by atoms with Gasteiger partial charge in [0.2, 0.25) is 0 Å². The Labute approximate surface area is 117 Å². The topological polar surface area (TPSA) is 49.3 Å². The molecule has 0 saturated carbocycles. The van der Waals surface area contributed by atoms with Crippen molar-refractivity contribution in [1.29, 1.82) is 0 Å². The molecule has 0 atom stereocenters. The molecule has 0 fully saturated rings. The van der Waals surface area contributed by atoms with Crippen molar-refractivity contribution in [3.8, 4) is 0 Å². The van der Waals surface area contributed by atoms with Crippen molar-refractivity contribution in [3.63, 3.8) is 0 Å². The van der Waals surface area contributed by atoms with Crippen molar-refractivity contribution < 1.29 is 30.2 Å². The quantitative estimate of drug-likeness (QED) is 0.562. The van der Waals surface area contributed by atoms with Gasteiger partial charge in [-0.3, -0.25) is 4.79 Å². The van der Waals surface area contributed by atoms with Gasteiger partial charge in [-0.1, -0.05) is 55.2 Å². The molecule has 0 aromatic carbocycles. The third kappa shape index (κ3) is 31.3. The average molecular weight is 308 g/mol. The molecule has 0 aliphatic carbocycles. The van der Waals surface area contributed by atoms with E-state index >= 15 is 0 Å². The molecule has 0 bridgehead atoms. The Bertz CT molecular complexity index is 174. The summed E-state index contributed by atoms with van der Waals surface area (Å²) in [6.07, 6.45) is 0. The van der Waals surface area contributed by atoms with Gasteiger partial charge in [0.15, 0.2) is 0 Å². The first-order valence-electron chi connectivity index (χ1n) is 4.55. The van der Waals surface area contributed by atoms with Crippen LogP contribution in [0.15, 0.2) is 0 Å². The largest absolute Gasteiger partial charge is 1.00 e. The Kier molecular flexibility index (Phi) is 12.8. The minimum absolute atomic E-state index is 0. The van der Waals surface area contributed by atoms with E-state index in [2.05, 4.69) is 59.9 Å². The molecule has 0 saturated heterocycles. The van der Waals surface area contributed by atoms with E-state index in [-0.39, 0.29) is 25.6 Å². The van der Waals surface area contributed by atoms with Crippen LogP contribution in [-0.4, -0.2) is 32.9 Å². The monoisotopic (exact) mass is 307 g/mol. The number of hydrogen-bond donors (Lipinski definition) is 2. The molecule has 3 nitrogen and oxygen atoms in total. The second kappa shape index (κ2) is 9.02. The fourth-order valence-electron chi connectivity index (χ4n) is 1.12. The van der Waals surface area contributed by atoms with Crippen LogP contribution in [-0.2, 0) is 4.79 Å². The second-order valence-electron chi connectivity index (χ2n) is 5.15. The Balaban J connectivity index is -0.0000000904. The van der Waals surface area contributed by atoms with E-state index in [9.17, 15) is 4.79 Å². The second-order valence-corrected chi connectivity index (χ2v) is 15.7. The minimum Gasteiger partial charge on any atom is -1.00 e. The van der Waals surface area contributed by atoms with Crippen LogP contribution in [0, 0.1) is 0 Å². The molecule has 0 spiro atoms. The maximum atomic E-state index is 9.32. The Hall–Kier alpha value is 0.941. The number of nitrogens with one attached hydrogen (secondary N) is 1. The maximum Gasteiger partial charge on any atom is 1.00 e. The summed E-state index contributed by atoms with van der Waals surface area (Å²) in [5.74, 6) is -0.829. The van der Waals surface area contributed by atoms with Crippen LogP contribution in [0.2, 0.25) is 39.3 Å². The predicted octanol–water partition coefficient (Wildman–Crippen LogP) is -0.172. The zero-order chi connectivity index (χ0) is 12.0. The van der Waals surface area contributed by atoms with Gasteiger partial charge < -0.3 is 11.2 Å². The Morgan fingerprint density at radius 1 is 1.20 bits per heavy atom. The molecule has 0 aromatic rings. The van der Waals surface area contributed by atoms with Crippen molar-refractivity contribution in [1.82, 2.24) is 4.65 Å². The number of carboxylic acid groups (broad SMARTS) is 1. The fraction of sp³-hybridized carbons (Fsp3) is 0.875. The van der Waals surface area contributed by atoms with Crippen LogP contribution in [0.25, 0.3) is 0 Å². The van der Waals surface area contributed by atoms with E-state index in [1.165, 1.54) is 0 Å². The summed E-state index contributed by atoms with van der Waals surface area (Å²) in [7, 11) is -1.96. The minimum atomic E-state index is -0.981. The summed E-state index contributed by atoms with van der Waals surface area (Å²) in [6, 6.07) is 0. The average Bonchev–Trinajstić information content (AvgIpc) is 1.80. The predicted molar refractivity (Wildman–Crippen MR) is 72.4 cm³/mol. The molecule has 0 aromatic heterocycles. The van der Waals surface area contributed by atoms with E-state index in [0.29, 0.717) is 0 Å². The molecule has 7 heteroatoms. The van der Waals surface area contributed by atoms with E-state index in [4.69, 9.17) is 5.11 Å². The summed E-state index contributed by atoms with van der Waals surface area (Å²) in [4.78, 5) is 9.32. The molecule has 0 aliphatic rings. The first-order valence-corrected chi connectivity index (χ1v) is 12.7. The van der Waals surface area contributed by atoms with E-state index in [1.807, 2.05) is 0 Å². The summed E-state index contributed by atoms with van der Waals surface area (Å²) in [5, 5.41) is 7.71. The summed E-state index contributed by atoms with van der Waals surface area (Å²) in [5.41, 5.74) is 0. The molecule has 15 heavy (non-hydrogen) atoms. The van der Waals surface area contributed by atoms with Crippen molar-refractivity contribution in [2.24, 2.45) is 0 Å². The van der Waals surface area contributed by atoms with Gasteiger partial charge in [0.05, 0.1) is 0 Å². The van der Waals surface area contributed by atoms with Gasteiger partial charge in [0.1, 0.15) is 21.8 Å². The maximum absolute atomic E-state index is 9.32. The van der Waals surface area contributed by atoms with Crippen molar-refractivity contribution in [3.05, 3.63) is 0 Å². The summed E-state index contributed by atoms with van der Waals surface area (Å²) >= 11 is 2.71. The standard InChI is InChI=1S/C6H19NSi2.C2H3BrO2.Li.H/c1-8(2,3)7-9(4,5)6;3-1-2(4)5;;/h7H,1-6H3;1H2,(H,4,5);;/q;;+1;-1. The molecule has 0 unspecified atom stereocenters. The molecule has 0 heterocycles. The third-order valence-corrected chi connectivity index (χ3v) is 7.34. The van der Waals surface area contributed by atoms with Gasteiger partial charge in [-0.15, -0.1) is 0 Å². The smallest absolute Gasteiger partial charge is 1.00 e. The van der Waals surface area contributed by atoms with Gasteiger partial charge in [-0.2, -0.15) is 0 Å². The number of carbonyl (C=O) groups is 1. The van der Waals surface area contributed by atoms with Crippen molar-refractivity contribution in [2.45, 2.75) is 39.3 Å². The number of halogens is 1. The van der Waals surface area contributed by atoms with Crippen LogP contribution < -0.4 is 23.5 Å². The zero-order valence-corrected chi connectivity index (χ0v) is 14.5. The van der Waals surface area contributed by atoms with E-state index in [1.54, 1.807) is 0 Å². The van der Waals surface area contributed by atoms with Crippen LogP contribution in [0.5, 0.6) is 0 Å². The molecular formula is C8H23BrLiNO2Si2. The SMILES string of the molecule is C[Si](C)(C)N[Si](C)(C)C.O=C(O)CBr.[H-].[Li+]. The van der Waals surface area contributed by atoms with Crippen LogP contribution >= 0.6 is 15.9 Å². The first kappa shape index (κ1) is 21.2. The van der Waals surface area contributed by atoms with E-state index < -0.39 is 22.4 Å². The number of hydrogen-bond acceptors (Lipinski definition) is 2. The molecule has 2 N–H and O–H groups in total. The molecule has 0 radical (unpaired) electrons. The van der Waals surface area contributed by atoms with Crippen molar-refractivity contribution in [2.75, 3.05) is 5.33 Å². The number of carboxylic acids is 1. The van der Waals surface area contributed by atoms with Crippen LogP contribution in [0.1, 0.15) is 1.43 Å². The van der Waals surface area contributed by atoms with Crippen LogP contribution in [0.3, 0.4) is 0 Å². The molecule has 88 valence electrons. The van der Waals surface area contributed by atoms with Gasteiger partial charge in [-0.25, -0.2) is 0 Å². The van der Waals surface area contributed by atoms with Crippen molar-refractivity contribution >= 4 is 38.4 Å². The van der Waals surface area contributed by atoms with Gasteiger partial charge in [-0.05, 0) is 0 Å². The summed E-state index contributed by atoms with van der Waals surface area (Å²) < 4.78 is 3.74. The third-order valence-electron chi connectivity index (χ3n) is 0.864. The van der Waals surface area contributed by atoms with Gasteiger partial charge in [0, 0.05) is 0 Å². The molecule has 0 rings (SSSR count). The Morgan fingerprint density at radius 2 is 1.40 bits per heavy atom. The zero-order valence-electron chi connectivity index (χ0n) is 11.9. The molecule has 0 amide bonds. The fourth-order valence-corrected chi connectivity index (χ4v) is 10.1. The van der Waals surface area contributed by atoms with Gasteiger partial charge >= 0.3 is 24.8 Å². The Morgan fingerprint density at radius 3 is 1.40 bits per heavy atom. The summed E-state index contributed by atoms with van der Waals surface area (Å²) in [6.45, 7) is 14.1. The molecular weight excluding hydrogens is 285 g/mol. The normalized spacial score (nSPS) is 10.9.